The van der Waals surface area contributed by atoms with Crippen molar-refractivity contribution in [1.29, 1.82) is 0 Å². The van der Waals surface area contributed by atoms with Crippen LogP contribution in [0.4, 0.5) is 5.69 Å². The lowest BCUT2D eigenvalue weighted by Gasteiger charge is -2.10. The van der Waals surface area contributed by atoms with E-state index in [0.29, 0.717) is 12.1 Å². The van der Waals surface area contributed by atoms with Gasteiger partial charge in [0, 0.05) is 31.8 Å². The molecule has 138 valence electrons. The number of hydrogen-bond donors (Lipinski definition) is 1. The lowest BCUT2D eigenvalue weighted by Crippen LogP contribution is -2.32. The van der Waals surface area contributed by atoms with Crippen LogP contribution in [-0.4, -0.2) is 39.9 Å². The number of nitrogens with one attached hydrogen (secondary N) is 1. The molecule has 9 nitrogen and oxygen atoms in total. The van der Waals surface area contributed by atoms with E-state index < -0.39 is 4.92 Å². The maximum Gasteiger partial charge on any atom is 0.311 e. The monoisotopic (exact) mass is 360 g/mol. The molecule has 1 aliphatic heterocycles. The molecule has 2 heterocycles. The second kappa shape index (κ2) is 7.52. The Kier molecular flexibility index (Phi) is 5.17. The van der Waals surface area contributed by atoms with E-state index in [1.807, 2.05) is 0 Å². The Hall–Kier alpha value is -2.94. The summed E-state index contributed by atoms with van der Waals surface area (Å²) in [6.07, 6.45) is 1.95. The highest BCUT2D eigenvalue weighted by Crippen LogP contribution is 2.33. The summed E-state index contributed by atoms with van der Waals surface area (Å²) in [5.41, 5.74) is 0.576. The van der Waals surface area contributed by atoms with Crippen LogP contribution in [-0.2, 0) is 11.8 Å². The number of ether oxygens (including phenoxy) is 2. The number of amides is 1. The molecule has 0 aliphatic carbocycles. The first kappa shape index (κ1) is 17.9. The molecule has 0 bridgehead atoms. The fourth-order valence-corrected chi connectivity index (χ4v) is 2.87. The van der Waals surface area contributed by atoms with E-state index in [1.165, 1.54) is 16.8 Å². The van der Waals surface area contributed by atoms with Crippen molar-refractivity contribution in [2.75, 3.05) is 13.2 Å². The average Bonchev–Trinajstić information content (AvgIpc) is 3.23. The van der Waals surface area contributed by atoms with Gasteiger partial charge in [-0.25, -0.2) is 4.68 Å². The number of carbonyl (C=O) groups is 1. The highest BCUT2D eigenvalue weighted by atomic mass is 16.6. The van der Waals surface area contributed by atoms with Gasteiger partial charge in [0.2, 0.25) is 11.6 Å². The first-order chi connectivity index (χ1) is 12.5. The van der Waals surface area contributed by atoms with Crippen molar-refractivity contribution in [3.63, 3.8) is 0 Å². The number of carbonyl (C=O) groups excluding carboxylic acids is 1. The van der Waals surface area contributed by atoms with Crippen LogP contribution in [0, 0.1) is 17.0 Å². The summed E-state index contributed by atoms with van der Waals surface area (Å²) < 4.78 is 12.6. The van der Waals surface area contributed by atoms with Crippen LogP contribution in [0.15, 0.2) is 24.3 Å². The second-order valence-electron chi connectivity index (χ2n) is 6.07. The summed E-state index contributed by atoms with van der Waals surface area (Å²) >= 11 is 0. The van der Waals surface area contributed by atoms with Gasteiger partial charge < -0.3 is 14.8 Å². The fourth-order valence-electron chi connectivity index (χ4n) is 2.87. The van der Waals surface area contributed by atoms with Gasteiger partial charge in [-0.05, 0) is 25.8 Å². The molecule has 3 rings (SSSR count). The molecule has 1 atom stereocenters. The molecule has 1 aliphatic rings. The lowest BCUT2D eigenvalue weighted by atomic mass is 10.2. The van der Waals surface area contributed by atoms with Gasteiger partial charge in [0.25, 0.3) is 5.91 Å². The molecule has 1 amide bonds. The molecule has 1 aromatic carbocycles. The molecule has 9 heteroatoms. The summed E-state index contributed by atoms with van der Waals surface area (Å²) in [4.78, 5) is 23.0. The van der Waals surface area contributed by atoms with E-state index in [1.54, 1.807) is 26.1 Å². The molecular weight excluding hydrogens is 340 g/mol. The smallest absolute Gasteiger partial charge is 0.311 e. The van der Waals surface area contributed by atoms with E-state index in [9.17, 15) is 14.9 Å². The zero-order valence-corrected chi connectivity index (χ0v) is 14.6. The molecule has 0 radical (unpaired) electrons. The number of hydrogen-bond acceptors (Lipinski definition) is 6. The Bertz CT molecular complexity index is 827. The van der Waals surface area contributed by atoms with Crippen molar-refractivity contribution in [3.05, 3.63) is 45.6 Å². The van der Waals surface area contributed by atoms with E-state index in [-0.39, 0.29) is 35.0 Å². The van der Waals surface area contributed by atoms with Crippen molar-refractivity contribution in [2.24, 2.45) is 7.05 Å². The van der Waals surface area contributed by atoms with Crippen molar-refractivity contribution in [1.82, 2.24) is 15.1 Å². The molecule has 0 saturated carbocycles. The third-order valence-electron chi connectivity index (χ3n) is 4.22. The van der Waals surface area contributed by atoms with Gasteiger partial charge in [0.05, 0.1) is 11.0 Å². The Labute approximate surface area is 150 Å². The minimum Gasteiger partial charge on any atom is -0.432 e. The first-order valence-electron chi connectivity index (χ1n) is 8.32. The van der Waals surface area contributed by atoms with Gasteiger partial charge in [0.1, 0.15) is 0 Å². The summed E-state index contributed by atoms with van der Waals surface area (Å²) in [5.74, 6) is 0.0440. The normalized spacial score (nSPS) is 16.5. The standard InChI is InChI=1S/C17H20N4O5/c1-11-15(16(22)18-10-12-6-5-9-25-12)19-20(2)17(11)26-14-8-4-3-7-13(14)21(23)24/h3-4,7-8,12H,5-6,9-10H2,1-2H3,(H,18,22). The molecular formula is C17H20N4O5. The number of nitro groups is 1. The largest absolute Gasteiger partial charge is 0.432 e. The number of aromatic nitrogens is 2. The van der Waals surface area contributed by atoms with Gasteiger partial charge in [-0.1, -0.05) is 12.1 Å². The molecule has 1 saturated heterocycles. The SMILES string of the molecule is Cc1c(C(=O)NCC2CCCO2)nn(C)c1Oc1ccccc1[N+](=O)[O-]. The Balaban J connectivity index is 1.77. The first-order valence-corrected chi connectivity index (χ1v) is 8.32. The van der Waals surface area contributed by atoms with Crippen LogP contribution < -0.4 is 10.1 Å². The lowest BCUT2D eigenvalue weighted by molar-refractivity contribution is -0.385. The van der Waals surface area contributed by atoms with Gasteiger partial charge >= 0.3 is 5.69 Å². The Morgan fingerprint density at radius 3 is 2.96 bits per heavy atom. The highest BCUT2D eigenvalue weighted by Gasteiger charge is 2.24. The van der Waals surface area contributed by atoms with Crippen LogP contribution in [0.3, 0.4) is 0 Å². The molecule has 1 unspecified atom stereocenters. The second-order valence-corrected chi connectivity index (χ2v) is 6.07. The molecule has 1 N–H and O–H groups in total. The van der Waals surface area contributed by atoms with Crippen LogP contribution in [0.5, 0.6) is 11.6 Å². The number of para-hydroxylation sites is 2. The predicted octanol–water partition coefficient (Wildman–Crippen LogP) is 2.34. The maximum absolute atomic E-state index is 12.4. The minimum atomic E-state index is -0.518. The number of benzene rings is 1. The van der Waals surface area contributed by atoms with Gasteiger partial charge in [-0.15, -0.1) is 0 Å². The Morgan fingerprint density at radius 2 is 2.27 bits per heavy atom. The summed E-state index contributed by atoms with van der Waals surface area (Å²) in [5, 5.41) is 18.1. The quantitative estimate of drug-likeness (QED) is 0.626. The zero-order chi connectivity index (χ0) is 18.7. The van der Waals surface area contributed by atoms with Crippen LogP contribution in [0.1, 0.15) is 28.9 Å². The van der Waals surface area contributed by atoms with Crippen LogP contribution in [0.2, 0.25) is 0 Å². The number of aryl methyl sites for hydroxylation is 1. The number of nitro benzene ring substituents is 1. The fraction of sp³-hybridized carbons (Fsp3) is 0.412. The van der Waals surface area contributed by atoms with Gasteiger partial charge in [-0.2, -0.15) is 5.10 Å². The van der Waals surface area contributed by atoms with Crippen molar-refractivity contribution in [3.8, 4) is 11.6 Å². The molecule has 2 aromatic rings. The van der Waals surface area contributed by atoms with Crippen molar-refractivity contribution in [2.45, 2.75) is 25.9 Å². The third-order valence-corrected chi connectivity index (χ3v) is 4.22. The topological polar surface area (TPSA) is 109 Å². The van der Waals surface area contributed by atoms with Gasteiger partial charge in [0.15, 0.2) is 5.69 Å². The van der Waals surface area contributed by atoms with Crippen LogP contribution in [0.25, 0.3) is 0 Å². The summed E-state index contributed by atoms with van der Waals surface area (Å²) in [6.45, 7) is 2.84. The van der Waals surface area contributed by atoms with Crippen molar-refractivity contribution < 1.29 is 19.2 Å². The van der Waals surface area contributed by atoms with E-state index in [4.69, 9.17) is 9.47 Å². The van der Waals surface area contributed by atoms with E-state index in [2.05, 4.69) is 10.4 Å². The van der Waals surface area contributed by atoms with E-state index in [0.717, 1.165) is 19.4 Å². The summed E-state index contributed by atoms with van der Waals surface area (Å²) in [6, 6.07) is 6.06. The molecule has 1 aromatic heterocycles. The van der Waals surface area contributed by atoms with Gasteiger partial charge in [-0.3, -0.25) is 14.9 Å². The molecule has 26 heavy (non-hydrogen) atoms. The van der Waals surface area contributed by atoms with E-state index >= 15 is 0 Å². The van der Waals surface area contributed by atoms with Crippen molar-refractivity contribution >= 4 is 11.6 Å². The number of nitrogens with zero attached hydrogens (tertiary/aromatic N) is 3. The Morgan fingerprint density at radius 1 is 1.50 bits per heavy atom. The van der Waals surface area contributed by atoms with Crippen LogP contribution >= 0.6 is 0 Å². The molecule has 1 fully saturated rings. The maximum atomic E-state index is 12.4. The average molecular weight is 360 g/mol. The predicted molar refractivity (Wildman–Crippen MR) is 92.4 cm³/mol. The third kappa shape index (κ3) is 3.67. The summed E-state index contributed by atoms with van der Waals surface area (Å²) in [7, 11) is 1.62. The zero-order valence-electron chi connectivity index (χ0n) is 14.6. The molecule has 0 spiro atoms. The number of rotatable bonds is 6. The minimum absolute atomic E-state index is 0.0330. The highest BCUT2D eigenvalue weighted by molar-refractivity contribution is 5.94.